The van der Waals surface area contributed by atoms with Gasteiger partial charge in [0.1, 0.15) is 31.0 Å². The van der Waals surface area contributed by atoms with Crippen molar-refractivity contribution >= 4 is 5.97 Å². The summed E-state index contributed by atoms with van der Waals surface area (Å²) in [4.78, 5) is 12.6. The van der Waals surface area contributed by atoms with Crippen molar-refractivity contribution in [2.45, 2.75) is 233 Å². The van der Waals surface area contributed by atoms with Gasteiger partial charge in [-0.25, -0.2) is 0 Å². The molecule has 0 unspecified atom stereocenters. The lowest BCUT2D eigenvalue weighted by molar-refractivity contribution is -0.313. The van der Waals surface area contributed by atoms with E-state index in [1.54, 1.807) is 0 Å². The van der Waals surface area contributed by atoms with Crippen molar-refractivity contribution in [1.29, 1.82) is 0 Å². The van der Waals surface area contributed by atoms with Crippen LogP contribution in [0.15, 0.2) is 23.8 Å². The molecule has 4 fully saturated rings. The van der Waals surface area contributed by atoms with E-state index < -0.39 is 30.7 Å². The number of esters is 1. The first-order valence-corrected chi connectivity index (χ1v) is 24.7. The summed E-state index contributed by atoms with van der Waals surface area (Å²) in [6, 6.07) is 0. The van der Waals surface area contributed by atoms with E-state index in [0.717, 1.165) is 62.7 Å². The number of fused-ring (bicyclic) bond motifs is 5. The van der Waals surface area contributed by atoms with E-state index in [1.165, 1.54) is 102 Å². The molecule has 1 aliphatic heterocycles. The molecule has 5 aliphatic rings. The van der Waals surface area contributed by atoms with Crippen LogP contribution in [0.4, 0.5) is 0 Å². The summed E-state index contributed by atoms with van der Waals surface area (Å²) < 4.78 is 18.0. The van der Waals surface area contributed by atoms with Gasteiger partial charge in [-0.2, -0.15) is 0 Å². The fourth-order valence-corrected chi connectivity index (χ4v) is 12.8. The molecule has 7 nitrogen and oxygen atoms in total. The Labute approximate surface area is 354 Å². The molecule has 3 N–H and O–H groups in total. The van der Waals surface area contributed by atoms with Crippen LogP contribution in [0.25, 0.3) is 0 Å². The second-order valence-electron chi connectivity index (χ2n) is 20.7. The number of aliphatic hydroxyl groups excluding tert-OH is 3. The van der Waals surface area contributed by atoms with Crippen molar-refractivity contribution in [3.63, 3.8) is 0 Å². The van der Waals surface area contributed by atoms with Gasteiger partial charge in [-0.15, -0.1) is 0 Å². The van der Waals surface area contributed by atoms with Gasteiger partial charge in [0.25, 0.3) is 0 Å². The smallest absolute Gasteiger partial charge is 0.305 e. The Kier molecular flexibility index (Phi) is 18.7. The molecule has 0 radical (unpaired) electrons. The maximum absolute atomic E-state index is 12.6. The summed E-state index contributed by atoms with van der Waals surface area (Å²) in [6.07, 6.45) is 28.1. The third-order valence-corrected chi connectivity index (χ3v) is 16.6. The van der Waals surface area contributed by atoms with E-state index >= 15 is 0 Å². The number of hydrogen-bond acceptors (Lipinski definition) is 7. The molecule has 3 saturated carbocycles. The average Bonchev–Trinajstić information content (AvgIpc) is 3.56. The first-order valence-electron chi connectivity index (χ1n) is 24.7. The minimum Gasteiger partial charge on any atom is -0.463 e. The Morgan fingerprint density at radius 3 is 2.10 bits per heavy atom. The minimum absolute atomic E-state index is 0.146. The van der Waals surface area contributed by atoms with E-state index in [9.17, 15) is 20.1 Å². The maximum atomic E-state index is 12.6. The highest BCUT2D eigenvalue weighted by Gasteiger charge is 2.59. The van der Waals surface area contributed by atoms with Gasteiger partial charge in [0.2, 0.25) is 0 Å². The van der Waals surface area contributed by atoms with E-state index in [1.807, 2.05) is 0 Å². The van der Waals surface area contributed by atoms with Gasteiger partial charge in [-0.05, 0) is 116 Å². The largest absolute Gasteiger partial charge is 0.463 e. The number of unbranched alkanes of at least 4 members (excludes halogenated alkanes) is 12. The second kappa shape index (κ2) is 22.7. The van der Waals surface area contributed by atoms with Gasteiger partial charge in [-0.3, -0.25) is 4.79 Å². The third-order valence-electron chi connectivity index (χ3n) is 16.6. The average molecular weight is 813 g/mol. The Morgan fingerprint density at radius 1 is 0.810 bits per heavy atom. The number of hydrogen-bond donors (Lipinski definition) is 3. The summed E-state index contributed by atoms with van der Waals surface area (Å²) in [5.74, 6) is 4.62. The molecule has 7 heteroatoms. The van der Waals surface area contributed by atoms with Crippen LogP contribution in [0, 0.1) is 52.3 Å². The van der Waals surface area contributed by atoms with Crippen LogP contribution in [0.3, 0.4) is 0 Å². The lowest BCUT2D eigenvalue weighted by atomic mass is 9.47. The summed E-state index contributed by atoms with van der Waals surface area (Å²) in [5.41, 5.74) is 2.05. The highest BCUT2D eigenvalue weighted by molar-refractivity contribution is 5.69. The number of rotatable bonds is 23. The lowest BCUT2D eigenvalue weighted by Gasteiger charge is -2.58. The monoisotopic (exact) mass is 813 g/mol. The fraction of sp³-hybridized carbons (Fsp3) is 0.902. The zero-order chi connectivity index (χ0) is 41.9. The van der Waals surface area contributed by atoms with Gasteiger partial charge in [0, 0.05) is 6.42 Å². The van der Waals surface area contributed by atoms with E-state index in [4.69, 9.17) is 14.2 Å². The number of carbonyl (C=O) groups is 1. The molecular weight excluding hydrogens is 725 g/mol. The van der Waals surface area contributed by atoms with E-state index in [0.29, 0.717) is 35.5 Å². The molecule has 0 aromatic heterocycles. The number of allylic oxidation sites excluding steroid dienone is 3. The van der Waals surface area contributed by atoms with E-state index in [-0.39, 0.29) is 24.1 Å². The lowest BCUT2D eigenvalue weighted by Crippen LogP contribution is -2.60. The topological polar surface area (TPSA) is 105 Å². The number of aliphatic hydroxyl groups is 3. The highest BCUT2D eigenvalue weighted by Crippen LogP contribution is 2.67. The molecular formula is C51H88O7. The summed E-state index contributed by atoms with van der Waals surface area (Å²) in [5, 5.41) is 32.5. The third kappa shape index (κ3) is 11.8. The molecule has 0 amide bonds. The molecule has 334 valence electrons. The first-order chi connectivity index (χ1) is 27.8. The Bertz CT molecular complexity index is 1300. The van der Waals surface area contributed by atoms with Crippen LogP contribution in [-0.4, -0.2) is 64.7 Å². The van der Waals surface area contributed by atoms with Gasteiger partial charge >= 0.3 is 5.97 Å². The predicted octanol–water partition coefficient (Wildman–Crippen LogP) is 11.7. The van der Waals surface area contributed by atoms with Gasteiger partial charge in [0.15, 0.2) is 6.29 Å². The molecule has 0 aromatic rings. The van der Waals surface area contributed by atoms with Crippen LogP contribution >= 0.6 is 0 Å². The first kappa shape index (κ1) is 47.8. The van der Waals surface area contributed by atoms with Crippen LogP contribution < -0.4 is 0 Å². The minimum atomic E-state index is -1.44. The molecule has 14 atom stereocenters. The highest BCUT2D eigenvalue weighted by atomic mass is 16.7. The SMILES string of the molecule is CCCCCCCCCCCCCCCC(=O)OC[C@H]1O[C@@H](O[C@H]2CC[C@@]3(C)C(=CC[C@H]4[C@H]5CC[C@H]([C@H](C)/C=C/[C@@H](CC)C(C)C)[C@@]5(C)CC[C@@H]43)C2)[C@H](O)[C@@H](O)[C@@H]1O. The quantitative estimate of drug-likeness (QED) is 0.0536. The van der Waals surface area contributed by atoms with Crippen molar-refractivity contribution in [3.8, 4) is 0 Å². The second-order valence-corrected chi connectivity index (χ2v) is 20.7. The fourth-order valence-electron chi connectivity index (χ4n) is 12.8. The maximum Gasteiger partial charge on any atom is 0.305 e. The number of ether oxygens (including phenoxy) is 3. The van der Waals surface area contributed by atoms with Gasteiger partial charge < -0.3 is 29.5 Å². The molecule has 0 spiro atoms. The number of carbonyl (C=O) groups excluding carboxylic acids is 1. The molecule has 4 aliphatic carbocycles. The van der Waals surface area contributed by atoms with E-state index in [2.05, 4.69) is 66.7 Å². The Morgan fingerprint density at radius 2 is 1.47 bits per heavy atom. The summed E-state index contributed by atoms with van der Waals surface area (Å²) in [6.45, 7) is 16.7. The van der Waals surface area contributed by atoms with Gasteiger partial charge in [0.05, 0.1) is 6.10 Å². The van der Waals surface area contributed by atoms with Crippen LogP contribution in [0.5, 0.6) is 0 Å². The van der Waals surface area contributed by atoms with Crippen molar-refractivity contribution in [2.24, 2.45) is 52.3 Å². The molecule has 1 heterocycles. The van der Waals surface area contributed by atoms with Crippen molar-refractivity contribution < 1.29 is 34.3 Å². The summed E-state index contributed by atoms with van der Waals surface area (Å²) >= 11 is 0. The normalized spacial score (nSPS) is 37.3. The zero-order valence-corrected chi connectivity index (χ0v) is 38.2. The standard InChI is InChI=1S/C51H88O7/c1-8-10-11-12-13-14-15-16-17-18-19-20-21-22-45(52)56-34-44-46(53)47(54)48(55)49(58-44)57-39-29-31-50(6)38(33-39)25-26-40-42-28-27-41(51(42,7)32-30-43(40)50)36(5)23-24-37(9-2)35(3)4/h23-25,35-37,39-44,46-49,53-55H,8-22,26-34H2,1-7H3/b24-23+/t36-,37-,39+,40+,41-,42-,43+,44-,46-,47+,48-,49-,50+,51-/m1/s1. The van der Waals surface area contributed by atoms with Crippen LogP contribution in [0.2, 0.25) is 0 Å². The van der Waals surface area contributed by atoms with Crippen molar-refractivity contribution in [1.82, 2.24) is 0 Å². The van der Waals surface area contributed by atoms with Crippen molar-refractivity contribution in [3.05, 3.63) is 23.8 Å². The molecule has 1 saturated heterocycles. The molecule has 5 rings (SSSR count). The Balaban J connectivity index is 1.05. The molecule has 0 bridgehead atoms. The molecule has 58 heavy (non-hydrogen) atoms. The van der Waals surface area contributed by atoms with Gasteiger partial charge in [-0.1, -0.05) is 149 Å². The van der Waals surface area contributed by atoms with Crippen LogP contribution in [-0.2, 0) is 19.0 Å². The Hall–Kier alpha value is -1.25. The zero-order valence-electron chi connectivity index (χ0n) is 38.2. The summed E-state index contributed by atoms with van der Waals surface area (Å²) in [7, 11) is 0. The van der Waals surface area contributed by atoms with Crippen LogP contribution in [0.1, 0.15) is 196 Å². The molecule has 0 aromatic carbocycles. The van der Waals surface area contributed by atoms with Crippen molar-refractivity contribution in [2.75, 3.05) is 6.61 Å². The predicted molar refractivity (Wildman–Crippen MR) is 235 cm³/mol.